The quantitative estimate of drug-likeness (QED) is 0.689. The molecule has 2 aliphatic heterocycles. The molecule has 0 bridgehead atoms. The molecular formula is C19H31N5O5Si. The lowest BCUT2D eigenvalue weighted by Gasteiger charge is -2.42. The summed E-state index contributed by atoms with van der Waals surface area (Å²) >= 11 is 0. The molecule has 0 spiro atoms. The van der Waals surface area contributed by atoms with E-state index in [9.17, 15) is 5.11 Å². The first-order chi connectivity index (χ1) is 14.3. The number of nitrogen functional groups attached to an aromatic ring is 1. The van der Waals surface area contributed by atoms with Crippen molar-refractivity contribution in [2.45, 2.75) is 76.7 Å². The lowest BCUT2D eigenvalue weighted by atomic mass is 10.1. The molecule has 3 N–H and O–H groups in total. The Morgan fingerprint density at radius 2 is 2.00 bits per heavy atom. The van der Waals surface area contributed by atoms with E-state index in [4.69, 9.17) is 24.1 Å². The monoisotopic (exact) mass is 437 g/mol. The summed E-state index contributed by atoms with van der Waals surface area (Å²) in [5.41, 5.74) is 7.72. The Hall–Kier alpha value is -1.63. The first-order valence-corrected chi connectivity index (χ1v) is 12.5. The predicted molar refractivity (Wildman–Crippen MR) is 112 cm³/mol. The second-order valence-corrected chi connectivity index (χ2v) is 12.8. The largest absolute Gasteiger partial charge is 0.386 e. The Labute approximate surface area is 176 Å². The average molecular weight is 438 g/mol. The van der Waals surface area contributed by atoms with Gasteiger partial charge < -0.3 is 29.2 Å². The fourth-order valence-electron chi connectivity index (χ4n) is 4.51. The number of rotatable bonds is 4. The highest BCUT2D eigenvalue weighted by atomic mass is 28.4. The topological polar surface area (TPSA) is 127 Å². The molecule has 0 aromatic carbocycles. The fraction of sp³-hybridized carbons (Fsp3) is 0.737. The highest BCUT2D eigenvalue weighted by molar-refractivity contribution is 6.70. The minimum absolute atomic E-state index is 0.157. The van der Waals surface area contributed by atoms with Crippen LogP contribution in [0.5, 0.6) is 0 Å². The van der Waals surface area contributed by atoms with Crippen LogP contribution in [0.2, 0.25) is 11.1 Å². The molecule has 0 saturated carbocycles. The minimum Gasteiger partial charge on any atom is -0.386 e. The highest BCUT2D eigenvalue weighted by Gasteiger charge is 2.55. The van der Waals surface area contributed by atoms with Crippen molar-refractivity contribution >= 4 is 25.4 Å². The number of anilines is 1. The maximum Gasteiger partial charge on any atom is 0.345 e. The molecule has 0 aliphatic carbocycles. The third-order valence-corrected chi connectivity index (χ3v) is 10.5. The molecule has 2 fully saturated rings. The van der Waals surface area contributed by atoms with E-state index in [2.05, 4.69) is 42.8 Å². The summed E-state index contributed by atoms with van der Waals surface area (Å²) in [5, 5.41) is 16.6. The number of aryl methyl sites for hydroxylation is 1. The number of nitrogens with two attached hydrogens (primary N) is 1. The smallest absolute Gasteiger partial charge is 0.345 e. The molecule has 30 heavy (non-hydrogen) atoms. The van der Waals surface area contributed by atoms with Gasteiger partial charge in [0.2, 0.25) is 0 Å². The van der Waals surface area contributed by atoms with Gasteiger partial charge in [-0.05, 0) is 17.5 Å². The number of fused-ring (bicyclic) bond motifs is 2. The van der Waals surface area contributed by atoms with Gasteiger partial charge in [-0.1, -0.05) is 34.6 Å². The normalized spacial score (nSPS) is 29.3. The summed E-state index contributed by atoms with van der Waals surface area (Å²) in [6.07, 6.45) is -0.723. The Balaban J connectivity index is 1.73. The SMILES string of the molecule is CCc1nn([C@@H]2O[C@H]3COCO[Si](C(C)C)(C(C)C)O[C@H]3[C@H]2O)c2ncnc(N)c12. The summed E-state index contributed by atoms with van der Waals surface area (Å²) in [6.45, 7) is 10.8. The minimum atomic E-state index is -2.68. The molecule has 4 rings (SSSR count). The number of aromatic nitrogens is 4. The van der Waals surface area contributed by atoms with Gasteiger partial charge in [0.25, 0.3) is 0 Å². The first kappa shape index (κ1) is 21.6. The molecule has 0 unspecified atom stereocenters. The summed E-state index contributed by atoms with van der Waals surface area (Å²) in [5.74, 6) is 0.362. The molecule has 2 aliphatic rings. The van der Waals surface area contributed by atoms with Gasteiger partial charge in [-0.25, -0.2) is 14.6 Å². The maximum absolute atomic E-state index is 11.3. The third-order valence-electron chi connectivity index (χ3n) is 6.06. The van der Waals surface area contributed by atoms with Crippen LogP contribution >= 0.6 is 0 Å². The third kappa shape index (κ3) is 3.33. The Kier molecular flexibility index (Phi) is 5.85. The molecule has 11 heteroatoms. The average Bonchev–Trinajstić information content (AvgIpc) is 3.20. The summed E-state index contributed by atoms with van der Waals surface area (Å²) < 4.78 is 26.3. The van der Waals surface area contributed by atoms with Crippen LogP contribution in [-0.4, -0.2) is 65.1 Å². The van der Waals surface area contributed by atoms with Gasteiger partial charge in [0, 0.05) is 0 Å². The summed E-state index contributed by atoms with van der Waals surface area (Å²) in [7, 11) is -2.68. The van der Waals surface area contributed by atoms with Crippen LogP contribution in [-0.2, 0) is 24.7 Å². The van der Waals surface area contributed by atoms with E-state index in [1.807, 2.05) is 6.92 Å². The number of hydrogen-bond acceptors (Lipinski definition) is 9. The van der Waals surface area contributed by atoms with E-state index in [-0.39, 0.29) is 24.5 Å². The molecule has 2 aromatic rings. The van der Waals surface area contributed by atoms with Crippen LogP contribution in [0.3, 0.4) is 0 Å². The van der Waals surface area contributed by atoms with E-state index >= 15 is 0 Å². The van der Waals surface area contributed by atoms with Crippen molar-refractivity contribution in [2.24, 2.45) is 0 Å². The van der Waals surface area contributed by atoms with Gasteiger partial charge in [-0.3, -0.25) is 0 Å². The van der Waals surface area contributed by atoms with Crippen LogP contribution in [0.1, 0.15) is 46.5 Å². The van der Waals surface area contributed by atoms with Gasteiger partial charge in [0.05, 0.1) is 17.7 Å². The summed E-state index contributed by atoms with van der Waals surface area (Å²) in [6, 6.07) is 0. The second kappa shape index (κ2) is 8.13. The van der Waals surface area contributed by atoms with Gasteiger partial charge >= 0.3 is 8.56 Å². The number of aliphatic hydroxyl groups excluding tert-OH is 1. The molecule has 2 aromatic heterocycles. The molecule has 0 amide bonds. The Morgan fingerprint density at radius 1 is 1.27 bits per heavy atom. The maximum atomic E-state index is 11.3. The van der Waals surface area contributed by atoms with E-state index in [1.54, 1.807) is 4.68 Å². The van der Waals surface area contributed by atoms with Crippen LogP contribution in [0.4, 0.5) is 5.82 Å². The molecule has 4 heterocycles. The Bertz CT molecular complexity index is 899. The van der Waals surface area contributed by atoms with Crippen molar-refractivity contribution in [3.63, 3.8) is 0 Å². The van der Waals surface area contributed by atoms with Crippen LogP contribution in [0.15, 0.2) is 6.33 Å². The van der Waals surface area contributed by atoms with E-state index in [0.717, 1.165) is 5.69 Å². The number of ether oxygens (including phenoxy) is 2. The molecule has 0 radical (unpaired) electrons. The number of aliphatic hydroxyl groups is 1. The van der Waals surface area contributed by atoms with Gasteiger partial charge in [0.15, 0.2) is 11.9 Å². The molecule has 2 saturated heterocycles. The van der Waals surface area contributed by atoms with Crippen molar-refractivity contribution in [3.05, 3.63) is 12.0 Å². The van der Waals surface area contributed by atoms with Crippen molar-refractivity contribution in [3.8, 4) is 0 Å². The lowest BCUT2D eigenvalue weighted by Crippen LogP contribution is -2.56. The first-order valence-electron chi connectivity index (χ1n) is 10.5. The Morgan fingerprint density at radius 3 is 2.67 bits per heavy atom. The standard InChI is InChI=1S/C19H31N5O5Si/c1-6-12-14-17(20)21-8-22-18(14)24(23-12)19-15(25)16-13(28-19)7-26-9-27-30(29-16,10(2)3)11(4)5/h8,10-11,13,15-16,19,25H,6-7,9H2,1-5H3,(H2,20,21,22)/t13-,15+,16+,19+/m0/s1. The molecule has 10 nitrogen and oxygen atoms in total. The van der Waals surface area contributed by atoms with Crippen molar-refractivity contribution < 1.29 is 23.4 Å². The van der Waals surface area contributed by atoms with Gasteiger partial charge in [-0.2, -0.15) is 5.10 Å². The van der Waals surface area contributed by atoms with Crippen molar-refractivity contribution in [1.29, 1.82) is 0 Å². The predicted octanol–water partition coefficient (Wildman–Crippen LogP) is 1.88. The lowest BCUT2D eigenvalue weighted by molar-refractivity contribution is -0.116. The molecule has 4 atom stereocenters. The number of hydrogen-bond donors (Lipinski definition) is 2. The fourth-order valence-corrected chi connectivity index (χ4v) is 8.11. The van der Waals surface area contributed by atoms with E-state index in [0.29, 0.717) is 23.3 Å². The zero-order valence-corrected chi connectivity index (χ0v) is 19.1. The van der Waals surface area contributed by atoms with E-state index < -0.39 is 33.1 Å². The van der Waals surface area contributed by atoms with Gasteiger partial charge in [0.1, 0.15) is 37.3 Å². The molecular weight excluding hydrogens is 406 g/mol. The van der Waals surface area contributed by atoms with Gasteiger partial charge in [-0.15, -0.1) is 0 Å². The molecule has 166 valence electrons. The number of nitrogens with zero attached hydrogens (tertiary/aromatic N) is 4. The zero-order valence-electron chi connectivity index (χ0n) is 18.1. The summed E-state index contributed by atoms with van der Waals surface area (Å²) in [4.78, 5) is 8.44. The van der Waals surface area contributed by atoms with Crippen LogP contribution in [0, 0.1) is 0 Å². The van der Waals surface area contributed by atoms with Crippen LogP contribution < -0.4 is 5.73 Å². The zero-order chi connectivity index (χ0) is 21.6. The van der Waals surface area contributed by atoms with E-state index in [1.165, 1.54) is 6.33 Å². The van der Waals surface area contributed by atoms with Crippen molar-refractivity contribution in [1.82, 2.24) is 19.7 Å². The highest BCUT2D eigenvalue weighted by Crippen LogP contribution is 2.42. The second-order valence-electron chi connectivity index (χ2n) is 8.50. The van der Waals surface area contributed by atoms with Crippen molar-refractivity contribution in [2.75, 3.05) is 19.1 Å². The van der Waals surface area contributed by atoms with Crippen LogP contribution in [0.25, 0.3) is 11.0 Å².